The Hall–Kier alpha value is -2.04. The van der Waals surface area contributed by atoms with E-state index in [1.54, 1.807) is 24.3 Å². The van der Waals surface area contributed by atoms with Crippen LogP contribution in [0.5, 0.6) is 5.75 Å². The first kappa shape index (κ1) is 15.4. The van der Waals surface area contributed by atoms with Crippen molar-refractivity contribution < 1.29 is 19.4 Å². The first-order valence-electron chi connectivity index (χ1n) is 7.14. The van der Waals surface area contributed by atoms with Crippen molar-refractivity contribution in [3.05, 3.63) is 24.3 Å². The molecule has 1 aromatic carbocycles. The molecule has 1 atom stereocenters. The second-order valence-electron chi connectivity index (χ2n) is 6.10. The number of benzene rings is 1. The summed E-state index contributed by atoms with van der Waals surface area (Å²) < 4.78 is 5.43. The predicted octanol–water partition coefficient (Wildman–Crippen LogP) is 2.91. The Balaban J connectivity index is 1.77. The van der Waals surface area contributed by atoms with E-state index in [0.29, 0.717) is 18.8 Å². The molecule has 114 valence electrons. The molecule has 2 rings (SSSR count). The van der Waals surface area contributed by atoms with Gasteiger partial charge in [0.1, 0.15) is 5.75 Å². The average Bonchev–Trinajstić information content (AvgIpc) is 3.05. The fourth-order valence-corrected chi connectivity index (χ4v) is 2.19. The van der Waals surface area contributed by atoms with Crippen LogP contribution in [0.2, 0.25) is 0 Å². The van der Waals surface area contributed by atoms with Crippen molar-refractivity contribution in [1.82, 2.24) is 0 Å². The molecule has 5 heteroatoms. The third-order valence-corrected chi connectivity index (χ3v) is 3.76. The molecule has 5 nitrogen and oxygen atoms in total. The molecule has 0 aliphatic heterocycles. The summed E-state index contributed by atoms with van der Waals surface area (Å²) in [7, 11) is 0. The van der Waals surface area contributed by atoms with Crippen molar-refractivity contribution in [3.8, 4) is 5.75 Å². The molecule has 1 saturated carbocycles. The van der Waals surface area contributed by atoms with Crippen molar-refractivity contribution in [3.63, 3.8) is 0 Å². The minimum atomic E-state index is -0.820. The lowest BCUT2D eigenvalue weighted by Gasteiger charge is -2.08. The zero-order chi connectivity index (χ0) is 15.5. The number of carbonyl (C=O) groups is 2. The van der Waals surface area contributed by atoms with Gasteiger partial charge >= 0.3 is 5.97 Å². The molecule has 1 aliphatic rings. The molecule has 1 aromatic rings. The summed E-state index contributed by atoms with van der Waals surface area (Å²) in [4.78, 5) is 22.3. The minimum Gasteiger partial charge on any atom is -0.494 e. The van der Waals surface area contributed by atoms with E-state index in [1.165, 1.54) is 0 Å². The number of carboxylic acid groups (broad SMARTS) is 1. The SMILES string of the molecule is CC1(C)CC1C(=O)Nc1ccc(OCCCC(=O)O)cc1. The predicted molar refractivity (Wildman–Crippen MR) is 79.3 cm³/mol. The van der Waals surface area contributed by atoms with Gasteiger partial charge in [-0.1, -0.05) is 13.8 Å². The lowest BCUT2D eigenvalue weighted by Crippen LogP contribution is -2.16. The van der Waals surface area contributed by atoms with Crippen molar-refractivity contribution in [2.24, 2.45) is 11.3 Å². The van der Waals surface area contributed by atoms with Crippen molar-refractivity contribution in [2.45, 2.75) is 33.1 Å². The molecule has 0 saturated heterocycles. The molecule has 21 heavy (non-hydrogen) atoms. The van der Waals surface area contributed by atoms with Gasteiger partial charge in [-0.2, -0.15) is 0 Å². The van der Waals surface area contributed by atoms with Gasteiger partial charge in [0.2, 0.25) is 5.91 Å². The zero-order valence-corrected chi connectivity index (χ0v) is 12.4. The molecule has 1 unspecified atom stereocenters. The van der Waals surface area contributed by atoms with Crippen LogP contribution in [0, 0.1) is 11.3 Å². The molecule has 1 aliphatic carbocycles. The number of hydrogen-bond donors (Lipinski definition) is 2. The monoisotopic (exact) mass is 291 g/mol. The first-order chi connectivity index (χ1) is 9.88. The van der Waals surface area contributed by atoms with E-state index in [2.05, 4.69) is 19.2 Å². The van der Waals surface area contributed by atoms with Gasteiger partial charge in [0.15, 0.2) is 0 Å². The van der Waals surface area contributed by atoms with Gasteiger partial charge in [0.25, 0.3) is 0 Å². The zero-order valence-electron chi connectivity index (χ0n) is 12.4. The van der Waals surface area contributed by atoms with Crippen LogP contribution in [0.3, 0.4) is 0 Å². The van der Waals surface area contributed by atoms with E-state index >= 15 is 0 Å². The second-order valence-corrected chi connectivity index (χ2v) is 6.10. The van der Waals surface area contributed by atoms with E-state index in [9.17, 15) is 9.59 Å². The Morgan fingerprint density at radius 2 is 1.95 bits per heavy atom. The Bertz CT molecular complexity index is 522. The summed E-state index contributed by atoms with van der Waals surface area (Å²) in [5.74, 6) is 0.0179. The summed E-state index contributed by atoms with van der Waals surface area (Å²) in [6.07, 6.45) is 1.51. The van der Waals surface area contributed by atoms with Crippen molar-refractivity contribution >= 4 is 17.6 Å². The molecule has 0 radical (unpaired) electrons. The number of ether oxygens (including phenoxy) is 1. The summed E-state index contributed by atoms with van der Waals surface area (Å²) >= 11 is 0. The van der Waals surface area contributed by atoms with E-state index in [4.69, 9.17) is 9.84 Å². The normalized spacial score (nSPS) is 18.9. The number of carbonyl (C=O) groups excluding carboxylic acids is 1. The molecule has 1 fully saturated rings. The number of nitrogens with one attached hydrogen (secondary N) is 1. The molecule has 2 N–H and O–H groups in total. The fraction of sp³-hybridized carbons (Fsp3) is 0.500. The van der Waals surface area contributed by atoms with Gasteiger partial charge in [-0.15, -0.1) is 0 Å². The summed E-state index contributed by atoms with van der Waals surface area (Å²) in [5.41, 5.74) is 0.873. The largest absolute Gasteiger partial charge is 0.494 e. The summed E-state index contributed by atoms with van der Waals surface area (Å²) in [5, 5.41) is 11.4. The second kappa shape index (κ2) is 6.16. The molecule has 1 amide bonds. The van der Waals surface area contributed by atoms with Crippen LogP contribution in [0.1, 0.15) is 33.1 Å². The Morgan fingerprint density at radius 3 is 2.48 bits per heavy atom. The number of rotatable bonds is 7. The lowest BCUT2D eigenvalue weighted by atomic mass is 10.1. The van der Waals surface area contributed by atoms with Crippen LogP contribution in [0.4, 0.5) is 5.69 Å². The number of aliphatic carboxylic acids is 1. The summed E-state index contributed by atoms with van der Waals surface area (Å²) in [6, 6.07) is 7.13. The lowest BCUT2D eigenvalue weighted by molar-refractivity contribution is -0.137. The Kier molecular flexibility index (Phi) is 4.50. The highest BCUT2D eigenvalue weighted by Gasteiger charge is 2.50. The van der Waals surface area contributed by atoms with E-state index in [0.717, 1.165) is 12.1 Å². The van der Waals surface area contributed by atoms with Gasteiger partial charge in [0, 0.05) is 18.0 Å². The maximum absolute atomic E-state index is 12.0. The Labute approximate surface area is 124 Å². The number of anilines is 1. The standard InChI is InChI=1S/C16H21NO4/c1-16(2)10-13(16)15(20)17-11-5-7-12(8-6-11)21-9-3-4-14(18)19/h5-8,13H,3-4,9-10H2,1-2H3,(H,17,20)(H,18,19). The molecular weight excluding hydrogens is 270 g/mol. The highest BCUT2D eigenvalue weighted by atomic mass is 16.5. The van der Waals surface area contributed by atoms with Crippen LogP contribution in [-0.4, -0.2) is 23.6 Å². The maximum atomic E-state index is 12.0. The van der Waals surface area contributed by atoms with E-state index < -0.39 is 5.97 Å². The van der Waals surface area contributed by atoms with E-state index in [1.807, 2.05) is 0 Å². The molecular formula is C16H21NO4. The summed E-state index contributed by atoms with van der Waals surface area (Å²) in [6.45, 7) is 4.55. The molecule has 0 aromatic heterocycles. The molecule has 0 heterocycles. The fourth-order valence-electron chi connectivity index (χ4n) is 2.19. The quantitative estimate of drug-likeness (QED) is 0.757. The van der Waals surface area contributed by atoms with Crippen LogP contribution in [-0.2, 0) is 9.59 Å². The number of carboxylic acids is 1. The highest BCUT2D eigenvalue weighted by molar-refractivity contribution is 5.95. The van der Waals surface area contributed by atoms with Crippen LogP contribution in [0.25, 0.3) is 0 Å². The third kappa shape index (κ3) is 4.48. The van der Waals surface area contributed by atoms with Crippen LogP contribution in [0.15, 0.2) is 24.3 Å². The van der Waals surface area contributed by atoms with Gasteiger partial charge in [-0.3, -0.25) is 9.59 Å². The Morgan fingerprint density at radius 1 is 1.33 bits per heavy atom. The van der Waals surface area contributed by atoms with Crippen LogP contribution >= 0.6 is 0 Å². The van der Waals surface area contributed by atoms with E-state index in [-0.39, 0.29) is 23.7 Å². The van der Waals surface area contributed by atoms with Gasteiger partial charge in [0.05, 0.1) is 6.61 Å². The topological polar surface area (TPSA) is 75.6 Å². The van der Waals surface area contributed by atoms with Gasteiger partial charge in [-0.25, -0.2) is 0 Å². The average molecular weight is 291 g/mol. The van der Waals surface area contributed by atoms with Gasteiger partial charge < -0.3 is 15.2 Å². The van der Waals surface area contributed by atoms with Gasteiger partial charge in [-0.05, 0) is 42.5 Å². The number of amides is 1. The van der Waals surface area contributed by atoms with Crippen LogP contribution < -0.4 is 10.1 Å². The number of hydrogen-bond acceptors (Lipinski definition) is 3. The smallest absolute Gasteiger partial charge is 0.303 e. The maximum Gasteiger partial charge on any atom is 0.303 e. The molecule has 0 spiro atoms. The molecule has 0 bridgehead atoms. The third-order valence-electron chi connectivity index (χ3n) is 3.76. The minimum absolute atomic E-state index is 0.0649. The van der Waals surface area contributed by atoms with Crippen molar-refractivity contribution in [1.29, 1.82) is 0 Å². The highest BCUT2D eigenvalue weighted by Crippen LogP contribution is 2.51. The first-order valence-corrected chi connectivity index (χ1v) is 7.14. The van der Waals surface area contributed by atoms with Crippen molar-refractivity contribution in [2.75, 3.05) is 11.9 Å².